The van der Waals surface area contributed by atoms with Gasteiger partial charge in [-0.3, -0.25) is 0 Å². The average molecular weight is 391 g/mol. The predicted octanol–water partition coefficient (Wildman–Crippen LogP) is 6.04. The van der Waals surface area contributed by atoms with Gasteiger partial charge in [-0.25, -0.2) is 0 Å². The molecule has 0 aromatic heterocycles. The fourth-order valence-electron chi connectivity index (χ4n) is 2.78. The summed E-state index contributed by atoms with van der Waals surface area (Å²) in [6, 6.07) is 9.05. The van der Waals surface area contributed by atoms with Crippen LogP contribution in [0.25, 0.3) is 0 Å². The summed E-state index contributed by atoms with van der Waals surface area (Å²) in [5.74, 6) is 0.620. The van der Waals surface area contributed by atoms with Crippen molar-refractivity contribution in [1.29, 1.82) is 0 Å². The highest BCUT2D eigenvalue weighted by Gasteiger charge is 2.03. The monoisotopic (exact) mass is 390 g/mol. The second-order valence-electron chi connectivity index (χ2n) is 6.98. The van der Waals surface area contributed by atoms with Gasteiger partial charge >= 0.3 is 0 Å². The summed E-state index contributed by atoms with van der Waals surface area (Å²) in [5.41, 5.74) is 2.82. The fraction of sp³-hybridized carbons (Fsp3) is 0.714. The number of nitrogens with zero attached hydrogens (tertiary/aromatic N) is 1. The lowest BCUT2D eigenvalue weighted by Crippen LogP contribution is -2.29. The number of halogens is 2. The van der Waals surface area contributed by atoms with Gasteiger partial charge in [-0.05, 0) is 62.5 Å². The molecule has 0 saturated heterocycles. The van der Waals surface area contributed by atoms with E-state index in [4.69, 9.17) is 0 Å². The molecule has 1 rings (SSSR count). The Morgan fingerprint density at radius 2 is 1.36 bits per heavy atom. The second kappa shape index (κ2) is 17.1. The van der Waals surface area contributed by atoms with Crippen LogP contribution in [0.3, 0.4) is 0 Å². The van der Waals surface area contributed by atoms with E-state index in [0.717, 1.165) is 13.1 Å². The Bertz CT molecular complexity index is 385. The Labute approximate surface area is 169 Å². The molecule has 4 heteroatoms. The maximum atomic E-state index is 3.59. The first-order valence-corrected chi connectivity index (χ1v) is 9.69. The first-order valence-electron chi connectivity index (χ1n) is 9.69. The number of hydrogen-bond acceptors (Lipinski definition) is 2. The minimum Gasteiger partial charge on any atom is -0.313 e. The molecule has 2 nitrogen and oxygen atoms in total. The lowest BCUT2D eigenvalue weighted by atomic mass is 10.0. The van der Waals surface area contributed by atoms with Gasteiger partial charge in [-0.2, -0.15) is 0 Å². The van der Waals surface area contributed by atoms with E-state index in [2.05, 4.69) is 62.2 Å². The summed E-state index contributed by atoms with van der Waals surface area (Å²) in [4.78, 5) is 2.64. The van der Waals surface area contributed by atoms with Crippen molar-refractivity contribution in [2.24, 2.45) is 0 Å². The Morgan fingerprint density at radius 3 is 1.84 bits per heavy atom. The third-order valence-corrected chi connectivity index (χ3v) is 4.46. The van der Waals surface area contributed by atoms with Crippen molar-refractivity contribution in [2.45, 2.75) is 72.3 Å². The molecule has 0 spiro atoms. The Kier molecular flexibility index (Phi) is 18.5. The molecule has 0 saturated carbocycles. The van der Waals surface area contributed by atoms with Gasteiger partial charge in [0.25, 0.3) is 0 Å². The van der Waals surface area contributed by atoms with Gasteiger partial charge in [0.2, 0.25) is 0 Å². The molecule has 0 aliphatic rings. The van der Waals surface area contributed by atoms with E-state index in [-0.39, 0.29) is 24.8 Å². The highest BCUT2D eigenvalue weighted by Crippen LogP contribution is 2.14. The molecule has 148 valence electrons. The lowest BCUT2D eigenvalue weighted by molar-refractivity contribution is 0.261. The number of rotatable bonds is 13. The molecule has 1 aromatic carbocycles. The number of benzene rings is 1. The van der Waals surface area contributed by atoms with Crippen molar-refractivity contribution in [3.8, 4) is 0 Å². The average Bonchev–Trinajstić information content (AvgIpc) is 2.56. The third-order valence-electron chi connectivity index (χ3n) is 4.46. The normalized spacial score (nSPS) is 10.6. The standard InChI is InChI=1S/C21H38N2.2ClH/c1-5-7-15-23(16-8-6-2)17-9-14-22-18-20-10-12-21(13-11-20)19(3)4;;/h10-13,19,22H,5-9,14-18H2,1-4H3;2*1H. The maximum absolute atomic E-state index is 3.59. The Morgan fingerprint density at radius 1 is 0.840 bits per heavy atom. The topological polar surface area (TPSA) is 15.3 Å². The Hall–Kier alpha value is -0.280. The van der Waals surface area contributed by atoms with Gasteiger partial charge in [0.1, 0.15) is 0 Å². The number of hydrogen-bond donors (Lipinski definition) is 1. The van der Waals surface area contributed by atoms with Crippen LogP contribution in [-0.2, 0) is 6.54 Å². The van der Waals surface area contributed by atoms with Gasteiger partial charge in [-0.1, -0.05) is 64.8 Å². The van der Waals surface area contributed by atoms with Crippen molar-refractivity contribution in [3.05, 3.63) is 35.4 Å². The largest absolute Gasteiger partial charge is 0.313 e. The van der Waals surface area contributed by atoms with Crippen LogP contribution in [0.15, 0.2) is 24.3 Å². The van der Waals surface area contributed by atoms with E-state index in [9.17, 15) is 0 Å². The molecule has 1 N–H and O–H groups in total. The maximum Gasteiger partial charge on any atom is 0.0205 e. The molecule has 1 aromatic rings. The van der Waals surface area contributed by atoms with E-state index < -0.39 is 0 Å². The summed E-state index contributed by atoms with van der Waals surface area (Å²) in [7, 11) is 0. The summed E-state index contributed by atoms with van der Waals surface area (Å²) < 4.78 is 0. The summed E-state index contributed by atoms with van der Waals surface area (Å²) >= 11 is 0. The van der Waals surface area contributed by atoms with E-state index in [1.165, 1.54) is 62.9 Å². The summed E-state index contributed by atoms with van der Waals surface area (Å²) in [6.45, 7) is 14.9. The molecule has 0 amide bonds. The Balaban J connectivity index is 0. The molecule has 0 atom stereocenters. The molecule has 0 aliphatic heterocycles. The van der Waals surface area contributed by atoms with Gasteiger partial charge in [0.15, 0.2) is 0 Å². The lowest BCUT2D eigenvalue weighted by Gasteiger charge is -2.22. The highest BCUT2D eigenvalue weighted by molar-refractivity contribution is 5.85. The van der Waals surface area contributed by atoms with Crippen molar-refractivity contribution in [1.82, 2.24) is 10.2 Å². The van der Waals surface area contributed by atoms with E-state index in [0.29, 0.717) is 5.92 Å². The molecule has 0 bridgehead atoms. The number of unbranched alkanes of at least 4 members (excludes halogenated alkanes) is 2. The van der Waals surface area contributed by atoms with Crippen LogP contribution >= 0.6 is 24.8 Å². The zero-order chi connectivity index (χ0) is 16.9. The van der Waals surface area contributed by atoms with Crippen LogP contribution < -0.4 is 5.32 Å². The zero-order valence-electron chi connectivity index (χ0n) is 16.7. The third kappa shape index (κ3) is 12.7. The van der Waals surface area contributed by atoms with Gasteiger partial charge < -0.3 is 10.2 Å². The first-order chi connectivity index (χ1) is 11.2. The van der Waals surface area contributed by atoms with Crippen LogP contribution in [0.2, 0.25) is 0 Å². The van der Waals surface area contributed by atoms with Crippen LogP contribution in [0, 0.1) is 0 Å². The van der Waals surface area contributed by atoms with Crippen LogP contribution in [0.4, 0.5) is 0 Å². The molecular weight excluding hydrogens is 351 g/mol. The van der Waals surface area contributed by atoms with Gasteiger partial charge in [-0.15, -0.1) is 24.8 Å². The van der Waals surface area contributed by atoms with Gasteiger partial charge in [0, 0.05) is 6.54 Å². The van der Waals surface area contributed by atoms with E-state index in [1.807, 2.05) is 0 Å². The van der Waals surface area contributed by atoms with E-state index >= 15 is 0 Å². The van der Waals surface area contributed by atoms with Crippen LogP contribution in [-0.4, -0.2) is 31.1 Å². The van der Waals surface area contributed by atoms with Crippen molar-refractivity contribution in [3.63, 3.8) is 0 Å². The predicted molar refractivity (Wildman–Crippen MR) is 118 cm³/mol. The minimum atomic E-state index is 0. The highest BCUT2D eigenvalue weighted by atomic mass is 35.5. The zero-order valence-corrected chi connectivity index (χ0v) is 18.4. The molecular formula is C21H40Cl2N2. The first kappa shape index (κ1) is 26.9. The SMILES string of the molecule is CCCCN(CCCC)CCCNCc1ccc(C(C)C)cc1.Cl.Cl. The quantitative estimate of drug-likeness (QED) is 0.413. The molecule has 25 heavy (non-hydrogen) atoms. The van der Waals surface area contributed by atoms with Crippen molar-refractivity contribution >= 4 is 24.8 Å². The molecule has 0 aliphatic carbocycles. The van der Waals surface area contributed by atoms with Crippen LogP contribution in [0.1, 0.15) is 76.8 Å². The van der Waals surface area contributed by atoms with Crippen LogP contribution in [0.5, 0.6) is 0 Å². The summed E-state index contributed by atoms with van der Waals surface area (Å²) in [6.07, 6.45) is 6.51. The second-order valence-corrected chi connectivity index (χ2v) is 6.98. The van der Waals surface area contributed by atoms with E-state index in [1.54, 1.807) is 0 Å². The molecule has 0 heterocycles. The minimum absolute atomic E-state index is 0. The number of nitrogens with one attached hydrogen (secondary N) is 1. The fourth-order valence-corrected chi connectivity index (χ4v) is 2.78. The molecule has 0 radical (unpaired) electrons. The summed E-state index contributed by atoms with van der Waals surface area (Å²) in [5, 5.41) is 3.59. The molecule has 0 unspecified atom stereocenters. The van der Waals surface area contributed by atoms with Crippen molar-refractivity contribution < 1.29 is 0 Å². The molecule has 0 fully saturated rings. The van der Waals surface area contributed by atoms with Gasteiger partial charge in [0.05, 0.1) is 0 Å². The smallest absolute Gasteiger partial charge is 0.0205 e. The van der Waals surface area contributed by atoms with Crippen molar-refractivity contribution in [2.75, 3.05) is 26.2 Å².